The van der Waals surface area contributed by atoms with Gasteiger partial charge in [-0.2, -0.15) is 5.26 Å². The van der Waals surface area contributed by atoms with Crippen LogP contribution in [-0.4, -0.2) is 28.8 Å². The maximum atomic E-state index is 14.0. The predicted molar refractivity (Wildman–Crippen MR) is 125 cm³/mol. The lowest BCUT2D eigenvalue weighted by atomic mass is 9.67. The van der Waals surface area contributed by atoms with Crippen molar-refractivity contribution in [2.24, 2.45) is 11.1 Å². The Bertz CT molecular complexity index is 1370. The molecule has 2 aromatic carbocycles. The number of benzene rings is 2. The van der Waals surface area contributed by atoms with E-state index in [4.69, 9.17) is 17.3 Å². The summed E-state index contributed by atoms with van der Waals surface area (Å²) in [5.74, 6) is -2.50. The molecule has 1 aromatic heterocycles. The molecule has 0 radical (unpaired) electrons. The van der Waals surface area contributed by atoms with Gasteiger partial charge in [-0.3, -0.25) is 14.6 Å². The lowest BCUT2D eigenvalue weighted by molar-refractivity contribution is -0.125. The monoisotopic (exact) mass is 472 g/mol. The number of carbonyl (C=O) groups excluding carboxylic acids is 2. The molecule has 34 heavy (non-hydrogen) atoms. The van der Waals surface area contributed by atoms with E-state index in [9.17, 15) is 19.2 Å². The number of Topliss-reactive ketones (excluding diaryl/α,β-unsaturated/α-hetero) is 1. The van der Waals surface area contributed by atoms with Gasteiger partial charge in [0.25, 0.3) is 0 Å². The molecular formula is C26H18ClFN4O2. The first-order chi connectivity index (χ1) is 16.4. The number of aromatic nitrogens is 1. The first-order valence-electron chi connectivity index (χ1n) is 10.6. The Morgan fingerprint density at radius 1 is 1.12 bits per heavy atom. The Hall–Kier alpha value is -4.02. The van der Waals surface area contributed by atoms with Crippen molar-refractivity contribution in [1.29, 1.82) is 5.26 Å². The molecule has 3 heterocycles. The summed E-state index contributed by atoms with van der Waals surface area (Å²) < 4.78 is 14.0. The van der Waals surface area contributed by atoms with Gasteiger partial charge < -0.3 is 10.6 Å². The highest BCUT2D eigenvalue weighted by atomic mass is 35.5. The maximum absolute atomic E-state index is 14.0. The second kappa shape index (κ2) is 8.08. The molecule has 6 nitrogen and oxygen atoms in total. The number of carbonyl (C=O) groups is 2. The lowest BCUT2D eigenvalue weighted by Gasteiger charge is -2.36. The summed E-state index contributed by atoms with van der Waals surface area (Å²) in [6.07, 6.45) is 6.39. The van der Waals surface area contributed by atoms with Crippen molar-refractivity contribution >= 4 is 35.1 Å². The van der Waals surface area contributed by atoms with E-state index < -0.39 is 35.1 Å². The summed E-state index contributed by atoms with van der Waals surface area (Å²) in [6.45, 7) is 0. The fourth-order valence-corrected chi connectivity index (χ4v) is 5.31. The summed E-state index contributed by atoms with van der Waals surface area (Å²) >= 11 is 6.02. The fourth-order valence-electron chi connectivity index (χ4n) is 5.19. The number of fused-ring (bicyclic) bond motifs is 3. The van der Waals surface area contributed by atoms with Gasteiger partial charge in [-0.1, -0.05) is 23.8 Å². The van der Waals surface area contributed by atoms with E-state index in [2.05, 4.69) is 11.1 Å². The molecule has 0 saturated carbocycles. The normalized spacial score (nSPS) is 24.7. The molecule has 4 atom stereocenters. The Balaban J connectivity index is 1.80. The third-order valence-electron chi connectivity index (χ3n) is 6.65. The van der Waals surface area contributed by atoms with Crippen molar-refractivity contribution in [1.82, 2.24) is 4.98 Å². The van der Waals surface area contributed by atoms with Crippen molar-refractivity contribution < 1.29 is 14.0 Å². The third-order valence-corrected chi connectivity index (χ3v) is 6.91. The standard InChI is InChI=1S/C26H18ClFN4O2/c27-18-4-1-16(2-5-18)24(33)23-22(15-9-11-31-12-10-15)26(14-29,25(30)34)21-8-3-17-13-19(28)6-7-20(17)32(21)23/h1-13,21-23H,(H2,30,34)/t21-,22-,23-,26-/m1/s1. The van der Waals surface area contributed by atoms with Gasteiger partial charge in [0.1, 0.15) is 11.9 Å². The molecule has 2 N–H and O–H groups in total. The van der Waals surface area contributed by atoms with E-state index in [0.717, 1.165) is 0 Å². The number of ketones is 1. The number of anilines is 1. The van der Waals surface area contributed by atoms with E-state index in [0.29, 0.717) is 27.4 Å². The smallest absolute Gasteiger partial charge is 0.241 e. The Kier molecular flexibility index (Phi) is 5.18. The minimum atomic E-state index is -1.77. The largest absolute Gasteiger partial charge is 0.368 e. The zero-order valence-corrected chi connectivity index (χ0v) is 18.5. The number of nitrogens with zero attached hydrogens (tertiary/aromatic N) is 3. The SMILES string of the molecule is N#C[C@]1(C(N)=O)[C@H](c2ccncc2)[C@H](C(=O)c2ccc(Cl)cc2)N2c3ccc(F)cc3C=C[C@@H]21. The van der Waals surface area contributed by atoms with Gasteiger partial charge in [-0.05, 0) is 60.2 Å². The van der Waals surface area contributed by atoms with E-state index in [1.165, 1.54) is 12.1 Å². The zero-order valence-electron chi connectivity index (χ0n) is 17.7. The number of nitriles is 1. The Morgan fingerprint density at radius 3 is 2.47 bits per heavy atom. The average Bonchev–Trinajstić information content (AvgIpc) is 3.16. The van der Waals surface area contributed by atoms with Crippen molar-refractivity contribution in [3.8, 4) is 6.07 Å². The first kappa shape index (κ1) is 21.8. The van der Waals surface area contributed by atoms with E-state index in [-0.39, 0.29) is 5.78 Å². The van der Waals surface area contributed by atoms with Crippen LogP contribution in [0.15, 0.2) is 73.1 Å². The van der Waals surface area contributed by atoms with Gasteiger partial charge in [-0.25, -0.2) is 4.39 Å². The van der Waals surface area contributed by atoms with Crippen LogP contribution >= 0.6 is 11.6 Å². The summed E-state index contributed by atoms with van der Waals surface area (Å²) in [6, 6.07) is 14.3. The summed E-state index contributed by atoms with van der Waals surface area (Å²) in [7, 11) is 0. The number of amides is 1. The van der Waals surface area contributed by atoms with Gasteiger partial charge in [0, 0.05) is 40.1 Å². The molecule has 3 aromatic rings. The van der Waals surface area contributed by atoms with Crippen molar-refractivity contribution in [3.63, 3.8) is 0 Å². The molecule has 0 unspecified atom stereocenters. The number of pyridine rings is 1. The van der Waals surface area contributed by atoms with Crippen LogP contribution in [0, 0.1) is 22.6 Å². The van der Waals surface area contributed by atoms with Crippen LogP contribution in [0.1, 0.15) is 27.4 Å². The molecule has 2 aliphatic heterocycles. The number of hydrogen-bond acceptors (Lipinski definition) is 5. The van der Waals surface area contributed by atoms with Gasteiger partial charge in [0.15, 0.2) is 11.2 Å². The molecule has 1 amide bonds. The van der Waals surface area contributed by atoms with E-state index in [1.807, 2.05) is 0 Å². The van der Waals surface area contributed by atoms with Crippen LogP contribution in [0.25, 0.3) is 6.08 Å². The van der Waals surface area contributed by atoms with Crippen molar-refractivity contribution in [3.05, 3.63) is 101 Å². The van der Waals surface area contributed by atoms with Crippen molar-refractivity contribution in [2.75, 3.05) is 4.90 Å². The van der Waals surface area contributed by atoms with Crippen LogP contribution in [0.3, 0.4) is 0 Å². The minimum Gasteiger partial charge on any atom is -0.368 e. The maximum Gasteiger partial charge on any atom is 0.241 e. The van der Waals surface area contributed by atoms with Crippen LogP contribution < -0.4 is 10.6 Å². The molecule has 1 fully saturated rings. The predicted octanol–water partition coefficient (Wildman–Crippen LogP) is 4.12. The first-order valence-corrected chi connectivity index (χ1v) is 10.9. The number of primary amides is 1. The lowest BCUT2D eigenvalue weighted by Crippen LogP contribution is -2.49. The topological polar surface area (TPSA) is 100 Å². The third kappa shape index (κ3) is 3.11. The molecule has 0 bridgehead atoms. The Labute approximate surface area is 200 Å². The zero-order chi connectivity index (χ0) is 24.0. The Morgan fingerprint density at radius 2 is 1.82 bits per heavy atom. The number of rotatable bonds is 4. The fraction of sp³-hybridized carbons (Fsp3) is 0.154. The highest BCUT2D eigenvalue weighted by Gasteiger charge is 2.65. The van der Waals surface area contributed by atoms with Crippen LogP contribution in [0.2, 0.25) is 5.02 Å². The quantitative estimate of drug-likeness (QED) is 0.576. The minimum absolute atomic E-state index is 0.313. The number of nitrogens with two attached hydrogens (primary N) is 1. The molecular weight excluding hydrogens is 455 g/mol. The van der Waals surface area contributed by atoms with Crippen molar-refractivity contribution in [2.45, 2.75) is 18.0 Å². The molecule has 1 saturated heterocycles. The van der Waals surface area contributed by atoms with Gasteiger partial charge in [0.05, 0.1) is 12.1 Å². The van der Waals surface area contributed by atoms with Crippen LogP contribution in [0.4, 0.5) is 10.1 Å². The molecule has 2 aliphatic rings. The molecule has 0 aliphatic carbocycles. The molecule has 5 rings (SSSR count). The van der Waals surface area contributed by atoms with E-state index >= 15 is 0 Å². The second-order valence-corrected chi connectivity index (χ2v) is 8.77. The number of hydrogen-bond donors (Lipinski definition) is 1. The molecule has 8 heteroatoms. The second-order valence-electron chi connectivity index (χ2n) is 8.33. The summed E-state index contributed by atoms with van der Waals surface area (Å²) in [5, 5.41) is 10.9. The van der Waals surface area contributed by atoms with Gasteiger partial charge in [0.2, 0.25) is 5.91 Å². The van der Waals surface area contributed by atoms with Gasteiger partial charge in [-0.15, -0.1) is 0 Å². The highest BCUT2D eigenvalue weighted by Crippen LogP contribution is 2.55. The summed E-state index contributed by atoms with van der Waals surface area (Å²) in [5.41, 5.74) is 6.17. The van der Waals surface area contributed by atoms with Crippen LogP contribution in [0.5, 0.6) is 0 Å². The van der Waals surface area contributed by atoms with E-state index in [1.54, 1.807) is 71.9 Å². The molecule has 168 valence electrons. The average molecular weight is 473 g/mol. The highest BCUT2D eigenvalue weighted by molar-refractivity contribution is 6.30. The number of halogens is 2. The molecule has 0 spiro atoms. The summed E-state index contributed by atoms with van der Waals surface area (Å²) in [4.78, 5) is 32.9. The van der Waals surface area contributed by atoms with Gasteiger partial charge >= 0.3 is 0 Å². The van der Waals surface area contributed by atoms with Crippen LogP contribution in [-0.2, 0) is 4.79 Å².